The van der Waals surface area contributed by atoms with Crippen LogP contribution < -0.4 is 0 Å². The predicted octanol–water partition coefficient (Wildman–Crippen LogP) is 4.47. The van der Waals surface area contributed by atoms with Crippen molar-refractivity contribution in [2.75, 3.05) is 0 Å². The number of carbonyl (C=O) groups is 1. The molecule has 0 spiro atoms. The van der Waals surface area contributed by atoms with Crippen LogP contribution in [0.3, 0.4) is 0 Å². The molecule has 1 aromatic carbocycles. The van der Waals surface area contributed by atoms with Gasteiger partial charge >= 0.3 is 5.97 Å². The Balaban J connectivity index is 1.99. The van der Waals surface area contributed by atoms with Crippen molar-refractivity contribution in [3.63, 3.8) is 0 Å². The number of nitrogens with zero attached hydrogens (tertiary/aromatic N) is 1. The second-order valence-corrected chi connectivity index (χ2v) is 5.77. The minimum Gasteiger partial charge on any atom is -0.313 e. The number of halogens is 1. The van der Waals surface area contributed by atoms with Crippen LogP contribution in [0.25, 0.3) is 0 Å². The first-order chi connectivity index (χ1) is 9.66. The Morgan fingerprint density at radius 3 is 2.65 bits per heavy atom. The van der Waals surface area contributed by atoms with Crippen molar-refractivity contribution < 1.29 is 9.63 Å². The van der Waals surface area contributed by atoms with Crippen LogP contribution in [0.1, 0.15) is 54.4 Å². The highest BCUT2D eigenvalue weighted by Gasteiger charge is 2.17. The number of alkyl halides is 1. The minimum atomic E-state index is -0.427. The van der Waals surface area contributed by atoms with Crippen LogP contribution in [0.15, 0.2) is 29.4 Å². The highest BCUT2D eigenvalue weighted by Crippen LogP contribution is 2.20. The molecule has 2 rings (SSSR count). The van der Waals surface area contributed by atoms with E-state index in [0.717, 1.165) is 37.0 Å². The van der Waals surface area contributed by atoms with Gasteiger partial charge in [-0.2, -0.15) is 0 Å². The molecule has 0 bridgehead atoms. The zero-order valence-corrected chi connectivity index (χ0v) is 12.5. The Hall–Kier alpha value is -1.35. The Labute approximate surface area is 125 Å². The molecule has 0 amide bonds. The fraction of sp³-hybridized carbons (Fsp3) is 0.500. The highest BCUT2D eigenvalue weighted by molar-refractivity contribution is 6.32. The van der Waals surface area contributed by atoms with E-state index in [1.54, 1.807) is 12.1 Å². The van der Waals surface area contributed by atoms with Gasteiger partial charge in [-0.3, -0.25) is 0 Å². The molecule has 20 heavy (non-hydrogen) atoms. The van der Waals surface area contributed by atoms with Gasteiger partial charge in [0.2, 0.25) is 0 Å². The molecule has 1 aliphatic carbocycles. The summed E-state index contributed by atoms with van der Waals surface area (Å²) in [7, 11) is 0. The van der Waals surface area contributed by atoms with Crippen molar-refractivity contribution in [3.05, 3.63) is 35.4 Å². The predicted molar refractivity (Wildman–Crippen MR) is 81.4 cm³/mol. The number of carbonyl (C=O) groups excluding carboxylic acids is 1. The van der Waals surface area contributed by atoms with Crippen LogP contribution >= 0.6 is 11.6 Å². The van der Waals surface area contributed by atoms with E-state index < -0.39 is 5.97 Å². The molecular formula is C16H20ClNO2. The van der Waals surface area contributed by atoms with Gasteiger partial charge in [0.1, 0.15) is 0 Å². The van der Waals surface area contributed by atoms with Crippen molar-refractivity contribution in [2.24, 2.45) is 5.16 Å². The summed E-state index contributed by atoms with van der Waals surface area (Å²) >= 11 is 6.29. The third kappa shape index (κ3) is 4.34. The topological polar surface area (TPSA) is 38.7 Å². The highest BCUT2D eigenvalue weighted by atomic mass is 35.5. The van der Waals surface area contributed by atoms with Crippen molar-refractivity contribution in [2.45, 2.75) is 50.8 Å². The quantitative estimate of drug-likeness (QED) is 0.458. The van der Waals surface area contributed by atoms with Crippen molar-refractivity contribution in [1.29, 1.82) is 0 Å². The molecule has 1 atom stereocenters. The summed E-state index contributed by atoms with van der Waals surface area (Å²) in [5.41, 5.74) is 2.41. The molecule has 1 unspecified atom stereocenters. The lowest BCUT2D eigenvalue weighted by Crippen LogP contribution is -2.18. The Kier molecular flexibility index (Phi) is 5.60. The molecular weight excluding hydrogens is 274 g/mol. The third-order valence-electron chi connectivity index (χ3n) is 3.54. The lowest BCUT2D eigenvalue weighted by molar-refractivity contribution is 0.0514. The second-order valence-electron chi connectivity index (χ2n) is 5.25. The molecule has 0 aliphatic heterocycles. The van der Waals surface area contributed by atoms with E-state index in [1.165, 1.54) is 12.8 Å². The van der Waals surface area contributed by atoms with Gasteiger partial charge < -0.3 is 4.84 Å². The van der Waals surface area contributed by atoms with Crippen molar-refractivity contribution in [1.82, 2.24) is 0 Å². The standard InChI is InChI=1S/C16H20ClNO2/c1-12-8-10-13(11-9-12)16(19)20-18-15-7-5-3-2-4-6-14(15)17/h8-11,14H,2-7H2,1H3. The van der Waals surface area contributed by atoms with Gasteiger partial charge in [-0.05, 0) is 38.3 Å². The molecule has 0 saturated heterocycles. The van der Waals surface area contributed by atoms with Gasteiger partial charge in [-0.25, -0.2) is 4.79 Å². The van der Waals surface area contributed by atoms with Gasteiger partial charge in [-0.1, -0.05) is 42.1 Å². The third-order valence-corrected chi connectivity index (χ3v) is 4.01. The van der Waals surface area contributed by atoms with Crippen LogP contribution in [-0.2, 0) is 4.84 Å². The van der Waals surface area contributed by atoms with E-state index in [2.05, 4.69) is 5.16 Å². The van der Waals surface area contributed by atoms with Crippen LogP contribution in [0, 0.1) is 6.92 Å². The molecule has 1 aliphatic rings. The van der Waals surface area contributed by atoms with Crippen LogP contribution in [0.4, 0.5) is 0 Å². The number of aryl methyl sites for hydroxylation is 1. The van der Waals surface area contributed by atoms with E-state index in [-0.39, 0.29) is 5.38 Å². The zero-order valence-electron chi connectivity index (χ0n) is 11.8. The monoisotopic (exact) mass is 293 g/mol. The summed E-state index contributed by atoms with van der Waals surface area (Å²) in [6.07, 6.45) is 6.30. The molecule has 108 valence electrons. The molecule has 0 radical (unpaired) electrons. The minimum absolute atomic E-state index is 0.110. The lowest BCUT2D eigenvalue weighted by atomic mass is 9.99. The lowest BCUT2D eigenvalue weighted by Gasteiger charge is -2.15. The van der Waals surface area contributed by atoms with Crippen LogP contribution in [-0.4, -0.2) is 17.1 Å². The summed E-state index contributed by atoms with van der Waals surface area (Å²) in [4.78, 5) is 16.9. The summed E-state index contributed by atoms with van der Waals surface area (Å²) < 4.78 is 0. The van der Waals surface area contributed by atoms with E-state index in [4.69, 9.17) is 16.4 Å². The van der Waals surface area contributed by atoms with Crippen LogP contribution in [0.5, 0.6) is 0 Å². The summed E-state index contributed by atoms with van der Waals surface area (Å²) in [6.45, 7) is 1.97. The molecule has 0 N–H and O–H groups in total. The smallest absolute Gasteiger partial charge is 0.313 e. The fourth-order valence-corrected chi connectivity index (χ4v) is 2.55. The number of oxime groups is 1. The maximum absolute atomic E-state index is 11.9. The number of hydrogen-bond donors (Lipinski definition) is 0. The second kappa shape index (κ2) is 7.44. The zero-order chi connectivity index (χ0) is 14.4. The first-order valence-corrected chi connectivity index (χ1v) is 7.59. The molecule has 4 heteroatoms. The van der Waals surface area contributed by atoms with Crippen molar-refractivity contribution >= 4 is 23.3 Å². The van der Waals surface area contributed by atoms with Gasteiger partial charge in [0.25, 0.3) is 0 Å². The van der Waals surface area contributed by atoms with E-state index in [0.29, 0.717) is 5.56 Å². The number of rotatable bonds is 2. The summed E-state index contributed by atoms with van der Waals surface area (Å²) in [5, 5.41) is 3.89. The van der Waals surface area contributed by atoms with Crippen LogP contribution in [0.2, 0.25) is 0 Å². The Morgan fingerprint density at radius 2 is 1.90 bits per heavy atom. The fourth-order valence-electron chi connectivity index (χ4n) is 2.25. The maximum Gasteiger partial charge on any atom is 0.365 e. The molecule has 1 saturated carbocycles. The maximum atomic E-state index is 11.9. The van der Waals surface area contributed by atoms with E-state index in [9.17, 15) is 4.79 Å². The Morgan fingerprint density at radius 1 is 1.20 bits per heavy atom. The molecule has 0 heterocycles. The first kappa shape index (κ1) is 15.0. The largest absolute Gasteiger partial charge is 0.365 e. The van der Waals surface area contributed by atoms with Gasteiger partial charge in [-0.15, -0.1) is 11.6 Å². The molecule has 3 nitrogen and oxygen atoms in total. The molecule has 0 aromatic heterocycles. The van der Waals surface area contributed by atoms with E-state index in [1.807, 2.05) is 19.1 Å². The number of hydrogen-bond acceptors (Lipinski definition) is 3. The van der Waals surface area contributed by atoms with Gasteiger partial charge in [0.05, 0.1) is 16.7 Å². The molecule has 1 aromatic rings. The first-order valence-electron chi connectivity index (χ1n) is 7.15. The Bertz CT molecular complexity index is 482. The normalized spacial score (nSPS) is 22.1. The van der Waals surface area contributed by atoms with Crippen molar-refractivity contribution in [3.8, 4) is 0 Å². The average Bonchev–Trinajstić information content (AvgIpc) is 2.43. The summed E-state index contributed by atoms with van der Waals surface area (Å²) in [5.74, 6) is -0.427. The van der Waals surface area contributed by atoms with Gasteiger partial charge in [0, 0.05) is 0 Å². The SMILES string of the molecule is Cc1ccc(C(=O)ON=C2CCCCCCC2Cl)cc1. The number of benzene rings is 1. The average molecular weight is 294 g/mol. The molecule has 1 fully saturated rings. The van der Waals surface area contributed by atoms with Gasteiger partial charge in [0.15, 0.2) is 0 Å². The van der Waals surface area contributed by atoms with E-state index >= 15 is 0 Å². The summed E-state index contributed by atoms with van der Waals surface area (Å²) in [6, 6.07) is 7.25.